The number of rotatable bonds is 6. The number of hydrogen-bond donors (Lipinski definition) is 3. The van der Waals surface area contributed by atoms with E-state index in [1.807, 2.05) is 32.0 Å². The SMILES string of the molecule is CCc1ccc2oc(-c3ccc(NC(=S)NC(=O)c4ccc(OC(C)C)cc4)cc3O)nc2c1. The molecule has 3 aromatic carbocycles. The number of fused-ring (bicyclic) bond motifs is 1. The average Bonchev–Trinajstić information content (AvgIpc) is 3.22. The van der Waals surface area contributed by atoms with Crippen LogP contribution >= 0.6 is 12.2 Å². The fourth-order valence-electron chi connectivity index (χ4n) is 3.39. The van der Waals surface area contributed by atoms with Crippen molar-refractivity contribution >= 4 is 40.0 Å². The number of anilines is 1. The molecule has 0 aliphatic rings. The normalized spacial score (nSPS) is 10.9. The maximum absolute atomic E-state index is 12.5. The summed E-state index contributed by atoms with van der Waals surface area (Å²) in [6.07, 6.45) is 0.953. The maximum atomic E-state index is 12.5. The van der Waals surface area contributed by atoms with Crippen molar-refractivity contribution in [2.75, 3.05) is 5.32 Å². The molecule has 0 spiro atoms. The van der Waals surface area contributed by atoms with Crippen LogP contribution in [0.4, 0.5) is 5.69 Å². The standard InChI is InChI=1S/C26H25N3O4S/c1-4-16-5-12-23-21(13-16)28-25(33-23)20-11-8-18(14-22(20)30)27-26(34)29-24(31)17-6-9-19(10-7-17)32-15(2)3/h5-15,30H,4H2,1-3H3,(H2,27,29,31,34). The van der Waals surface area contributed by atoms with E-state index in [9.17, 15) is 9.90 Å². The van der Waals surface area contributed by atoms with Crippen molar-refractivity contribution < 1.29 is 19.1 Å². The van der Waals surface area contributed by atoms with Gasteiger partial charge in [0.25, 0.3) is 5.91 Å². The van der Waals surface area contributed by atoms with Gasteiger partial charge in [0.15, 0.2) is 10.7 Å². The number of carbonyl (C=O) groups is 1. The Morgan fingerprint density at radius 3 is 2.56 bits per heavy atom. The van der Waals surface area contributed by atoms with Crippen molar-refractivity contribution in [3.63, 3.8) is 0 Å². The molecule has 0 saturated heterocycles. The van der Waals surface area contributed by atoms with Crippen molar-refractivity contribution in [3.05, 3.63) is 71.8 Å². The molecule has 8 heteroatoms. The number of aryl methyl sites for hydroxylation is 1. The number of carbonyl (C=O) groups excluding carboxylic acids is 1. The first-order valence-corrected chi connectivity index (χ1v) is 11.3. The van der Waals surface area contributed by atoms with Crippen LogP contribution in [0.25, 0.3) is 22.6 Å². The van der Waals surface area contributed by atoms with Crippen LogP contribution in [0.2, 0.25) is 0 Å². The topological polar surface area (TPSA) is 96.6 Å². The number of benzene rings is 3. The Morgan fingerprint density at radius 1 is 1.12 bits per heavy atom. The molecule has 0 radical (unpaired) electrons. The van der Waals surface area contributed by atoms with Crippen molar-refractivity contribution in [3.8, 4) is 23.0 Å². The van der Waals surface area contributed by atoms with E-state index in [1.165, 1.54) is 6.07 Å². The van der Waals surface area contributed by atoms with Crippen LogP contribution in [0.15, 0.2) is 65.1 Å². The lowest BCUT2D eigenvalue weighted by Crippen LogP contribution is -2.34. The zero-order valence-corrected chi connectivity index (χ0v) is 19.9. The van der Waals surface area contributed by atoms with Gasteiger partial charge in [-0.2, -0.15) is 0 Å². The highest BCUT2D eigenvalue weighted by atomic mass is 32.1. The number of amides is 1. The van der Waals surface area contributed by atoms with E-state index in [0.29, 0.717) is 34.0 Å². The molecule has 34 heavy (non-hydrogen) atoms. The minimum atomic E-state index is -0.354. The zero-order valence-electron chi connectivity index (χ0n) is 19.1. The fraction of sp³-hybridized carbons (Fsp3) is 0.192. The van der Waals surface area contributed by atoms with Gasteiger partial charge in [-0.15, -0.1) is 0 Å². The summed E-state index contributed by atoms with van der Waals surface area (Å²) in [5.74, 6) is 0.634. The number of aromatic hydroxyl groups is 1. The Hall–Kier alpha value is -3.91. The second-order valence-corrected chi connectivity index (χ2v) is 8.41. The summed E-state index contributed by atoms with van der Waals surface area (Å²) >= 11 is 5.25. The van der Waals surface area contributed by atoms with Crippen LogP contribution in [0, 0.1) is 0 Å². The molecule has 4 aromatic rings. The van der Waals surface area contributed by atoms with Crippen LogP contribution < -0.4 is 15.4 Å². The highest BCUT2D eigenvalue weighted by Gasteiger charge is 2.14. The molecular formula is C26H25N3O4S. The van der Waals surface area contributed by atoms with Crippen LogP contribution in [0.3, 0.4) is 0 Å². The van der Waals surface area contributed by atoms with Gasteiger partial charge in [0.1, 0.15) is 17.0 Å². The molecule has 0 saturated carbocycles. The van der Waals surface area contributed by atoms with Gasteiger partial charge < -0.3 is 19.6 Å². The average molecular weight is 476 g/mol. The molecule has 0 unspecified atom stereocenters. The van der Waals surface area contributed by atoms with Gasteiger partial charge in [-0.05, 0) is 86.6 Å². The third kappa shape index (κ3) is 5.35. The Balaban J connectivity index is 1.42. The van der Waals surface area contributed by atoms with E-state index >= 15 is 0 Å². The molecule has 174 valence electrons. The van der Waals surface area contributed by atoms with Crippen molar-refractivity contribution in [1.82, 2.24) is 10.3 Å². The monoisotopic (exact) mass is 475 g/mol. The largest absolute Gasteiger partial charge is 0.507 e. The van der Waals surface area contributed by atoms with Crippen molar-refractivity contribution in [2.45, 2.75) is 33.3 Å². The molecule has 0 aliphatic carbocycles. The number of nitrogens with one attached hydrogen (secondary N) is 2. The number of oxazole rings is 1. The fourth-order valence-corrected chi connectivity index (χ4v) is 3.60. The summed E-state index contributed by atoms with van der Waals surface area (Å²) < 4.78 is 11.4. The van der Waals surface area contributed by atoms with Crippen LogP contribution in [0.5, 0.6) is 11.5 Å². The first-order valence-electron chi connectivity index (χ1n) is 10.9. The lowest BCUT2D eigenvalue weighted by Gasteiger charge is -2.12. The van der Waals surface area contributed by atoms with Gasteiger partial charge in [-0.3, -0.25) is 10.1 Å². The van der Waals surface area contributed by atoms with Crippen LogP contribution in [-0.4, -0.2) is 27.2 Å². The van der Waals surface area contributed by atoms with E-state index in [-0.39, 0.29) is 22.9 Å². The highest BCUT2D eigenvalue weighted by molar-refractivity contribution is 7.80. The number of hydrogen-bond acceptors (Lipinski definition) is 6. The third-order valence-electron chi connectivity index (χ3n) is 5.06. The first-order chi connectivity index (χ1) is 16.3. The Kier molecular flexibility index (Phi) is 6.79. The van der Waals surface area contributed by atoms with Gasteiger partial charge in [0, 0.05) is 17.3 Å². The predicted octanol–water partition coefficient (Wildman–Crippen LogP) is 5.68. The number of phenols is 1. The summed E-state index contributed by atoms with van der Waals surface area (Å²) in [6, 6.07) is 17.5. The molecule has 4 rings (SSSR count). The molecule has 0 fully saturated rings. The second kappa shape index (κ2) is 9.93. The number of ether oxygens (including phenoxy) is 1. The van der Waals surface area contributed by atoms with Gasteiger partial charge >= 0.3 is 0 Å². The van der Waals surface area contributed by atoms with Gasteiger partial charge in [0.05, 0.1) is 11.7 Å². The van der Waals surface area contributed by atoms with Gasteiger partial charge in [-0.25, -0.2) is 4.98 Å². The summed E-state index contributed by atoms with van der Waals surface area (Å²) in [5.41, 5.74) is 3.97. The molecule has 1 heterocycles. The van der Waals surface area contributed by atoms with Crippen molar-refractivity contribution in [1.29, 1.82) is 0 Å². The van der Waals surface area contributed by atoms with Crippen molar-refractivity contribution in [2.24, 2.45) is 0 Å². The van der Waals surface area contributed by atoms with E-state index in [1.54, 1.807) is 36.4 Å². The molecule has 0 bridgehead atoms. The summed E-state index contributed by atoms with van der Waals surface area (Å²) in [6.45, 7) is 5.94. The summed E-state index contributed by atoms with van der Waals surface area (Å²) in [7, 11) is 0. The van der Waals surface area contributed by atoms with E-state index in [0.717, 1.165) is 17.5 Å². The number of aromatic nitrogens is 1. The number of nitrogens with zero attached hydrogens (tertiary/aromatic N) is 1. The van der Waals surface area contributed by atoms with Crippen LogP contribution in [0.1, 0.15) is 36.7 Å². The molecule has 0 aliphatic heterocycles. The zero-order chi connectivity index (χ0) is 24.2. The maximum Gasteiger partial charge on any atom is 0.257 e. The van der Waals surface area contributed by atoms with E-state index < -0.39 is 0 Å². The van der Waals surface area contributed by atoms with Gasteiger partial charge in [-0.1, -0.05) is 13.0 Å². The highest BCUT2D eigenvalue weighted by Crippen LogP contribution is 2.33. The van der Waals surface area contributed by atoms with E-state index in [4.69, 9.17) is 21.4 Å². The third-order valence-corrected chi connectivity index (χ3v) is 5.27. The Bertz CT molecular complexity index is 1350. The minimum Gasteiger partial charge on any atom is -0.507 e. The predicted molar refractivity (Wildman–Crippen MR) is 136 cm³/mol. The first kappa shape index (κ1) is 23.3. The Labute approximate surface area is 202 Å². The Morgan fingerprint density at radius 2 is 1.88 bits per heavy atom. The van der Waals surface area contributed by atoms with E-state index in [2.05, 4.69) is 22.5 Å². The summed E-state index contributed by atoms with van der Waals surface area (Å²) in [4.78, 5) is 17.0. The molecular weight excluding hydrogens is 450 g/mol. The number of thiocarbonyl (C=S) groups is 1. The quantitative estimate of drug-likeness (QED) is 0.309. The second-order valence-electron chi connectivity index (χ2n) is 8.01. The lowest BCUT2D eigenvalue weighted by atomic mass is 10.1. The molecule has 1 amide bonds. The lowest BCUT2D eigenvalue weighted by molar-refractivity contribution is 0.0977. The number of phenolic OH excluding ortho intramolecular Hbond substituents is 1. The van der Waals surface area contributed by atoms with Crippen LogP contribution in [-0.2, 0) is 6.42 Å². The minimum absolute atomic E-state index is 0.0258. The molecule has 1 aromatic heterocycles. The van der Waals surface area contributed by atoms with Gasteiger partial charge in [0.2, 0.25) is 5.89 Å². The molecule has 7 nitrogen and oxygen atoms in total. The summed E-state index contributed by atoms with van der Waals surface area (Å²) in [5, 5.41) is 16.2. The molecule has 3 N–H and O–H groups in total. The molecule has 0 atom stereocenters. The smallest absolute Gasteiger partial charge is 0.257 e.